The zero-order valence-corrected chi connectivity index (χ0v) is 48.4. The Hall–Kier alpha value is -10.2. The molecule has 2 aliphatic heterocycles. The smallest absolute Gasteiger partial charge is 0.252 e. The van der Waals surface area contributed by atoms with Gasteiger partial charge in [0.25, 0.3) is 6.71 Å². The Morgan fingerprint density at radius 3 is 0.940 bits per heavy atom. The van der Waals surface area contributed by atoms with Crippen molar-refractivity contribution in [1.29, 1.82) is 0 Å². The van der Waals surface area contributed by atoms with Gasteiger partial charge in [-0.2, -0.15) is 0 Å². The minimum Gasteiger partial charge on any atom is -0.311 e. The van der Waals surface area contributed by atoms with Gasteiger partial charge in [0.2, 0.25) is 0 Å². The average molecular weight is 1100 g/mol. The molecular weight excluding hydrogens is 1050 g/mol. The first-order valence-corrected chi connectivity index (χ1v) is 33.1. The Labute approximate surface area is 495 Å². The van der Waals surface area contributed by atoms with Crippen molar-refractivity contribution in [2.75, 3.05) is 14.7 Å². The predicted molar refractivity (Wildman–Crippen MR) is 362 cm³/mol. The van der Waals surface area contributed by atoms with Gasteiger partial charge in [0.1, 0.15) is 0 Å². The van der Waals surface area contributed by atoms with Crippen molar-refractivity contribution in [3.63, 3.8) is 0 Å². The number of hydrogen-bond acceptors (Lipinski definition) is 3. The fraction of sp³-hybridized carbons (Fsp3) is 0. The van der Waals surface area contributed by atoms with Crippen LogP contribution in [0, 0.1) is 0 Å². The Bertz CT molecular complexity index is 4180. The zero-order chi connectivity index (χ0) is 55.9. The minimum absolute atomic E-state index is 0.217. The second-order valence-corrected chi connectivity index (χ2v) is 29.5. The van der Waals surface area contributed by atoms with Crippen molar-refractivity contribution in [3.8, 4) is 0 Å². The molecule has 6 heteroatoms. The van der Waals surface area contributed by atoms with Crippen LogP contribution in [0.15, 0.2) is 352 Å². The fourth-order valence-corrected chi connectivity index (χ4v) is 24.1. The molecule has 15 rings (SSSR count). The van der Waals surface area contributed by atoms with Crippen LogP contribution in [0.2, 0.25) is 0 Å². The summed E-state index contributed by atoms with van der Waals surface area (Å²) in [5.74, 6) is 0. The monoisotopic (exact) mass is 1100 g/mol. The first-order chi connectivity index (χ1) is 41.7. The van der Waals surface area contributed by atoms with Gasteiger partial charge < -0.3 is 14.7 Å². The van der Waals surface area contributed by atoms with Crippen LogP contribution in [0.4, 0.5) is 51.2 Å². The van der Waals surface area contributed by atoms with Crippen LogP contribution in [0.5, 0.6) is 0 Å². The molecule has 13 aromatic rings. The molecule has 0 atom stereocenters. The average Bonchev–Trinajstić information content (AvgIpc) is 0.742. The molecule has 0 unspecified atom stereocenters. The van der Waals surface area contributed by atoms with Crippen molar-refractivity contribution in [2.24, 2.45) is 0 Å². The molecular formula is C78H58BN3Si2. The van der Waals surface area contributed by atoms with E-state index in [2.05, 4.69) is 367 Å². The molecule has 2 aliphatic rings. The van der Waals surface area contributed by atoms with E-state index in [1.54, 1.807) is 0 Å². The first kappa shape index (κ1) is 50.7. The Balaban J connectivity index is 1.19. The molecule has 0 bridgehead atoms. The quantitative estimate of drug-likeness (QED) is 0.0841. The van der Waals surface area contributed by atoms with Crippen molar-refractivity contribution in [2.45, 2.75) is 0 Å². The molecule has 2 heterocycles. The van der Waals surface area contributed by atoms with Gasteiger partial charge in [-0.15, -0.1) is 0 Å². The third kappa shape index (κ3) is 8.24. The van der Waals surface area contributed by atoms with E-state index in [-0.39, 0.29) is 6.71 Å². The van der Waals surface area contributed by atoms with Gasteiger partial charge in [-0.1, -0.05) is 279 Å². The van der Waals surface area contributed by atoms with Gasteiger partial charge in [-0.25, -0.2) is 0 Å². The van der Waals surface area contributed by atoms with Gasteiger partial charge in [-0.3, -0.25) is 0 Å². The van der Waals surface area contributed by atoms with Crippen LogP contribution in [-0.4, -0.2) is 22.9 Å². The topological polar surface area (TPSA) is 9.72 Å². The first-order valence-electron chi connectivity index (χ1n) is 29.1. The van der Waals surface area contributed by atoms with Crippen LogP contribution in [0.1, 0.15) is 0 Å². The summed E-state index contributed by atoms with van der Waals surface area (Å²) in [6, 6.07) is 133. The fourth-order valence-electron chi connectivity index (χ4n) is 14.1. The van der Waals surface area contributed by atoms with E-state index in [0.29, 0.717) is 0 Å². The predicted octanol–water partition coefficient (Wildman–Crippen LogP) is 12.0. The lowest BCUT2D eigenvalue weighted by Crippen LogP contribution is -2.82. The largest absolute Gasteiger partial charge is 0.311 e. The standard InChI is InChI=1S/C78H58BN3Si2/c1-11-33-59(34-12-1)80(60-35-13-2-14-36-60)63-55-73-77-74(56-63)82(62-39-17-4-18-40-62)75-57-70(83(64-41-19-5-20-42-64,65-43-21-6-22-44-65)66-45-23-7-24-46-66)58-76(78(75)79(77)71-53-31-32-54-72(71)81(73)61-37-15-3-16-38-61)84(67-47-25-8-26-48-67,68-49-27-9-28-50-68)69-51-29-10-30-52-69/h1-58H. The highest BCUT2D eigenvalue weighted by Crippen LogP contribution is 2.48. The Kier molecular flexibility index (Phi) is 13.0. The van der Waals surface area contributed by atoms with Crippen LogP contribution in [0.3, 0.4) is 0 Å². The van der Waals surface area contributed by atoms with Gasteiger partial charge in [-0.05, 0) is 131 Å². The van der Waals surface area contributed by atoms with Gasteiger partial charge in [0, 0.05) is 45.5 Å². The number of fused-ring (bicyclic) bond motifs is 4. The SMILES string of the molecule is c1ccc(N(c2ccccc2)c2cc3c4c(c2)N(c2ccccc2)c2cc([Si](c5ccccc5)(c5ccccc5)c5ccccc5)cc([Si](c5ccccc5)(c5ccccc5)c5ccccc5)c2B4c2ccccc2N3c2ccccc2)cc1. The van der Waals surface area contributed by atoms with Crippen LogP contribution >= 0.6 is 0 Å². The summed E-state index contributed by atoms with van der Waals surface area (Å²) >= 11 is 0. The lowest BCUT2D eigenvalue weighted by atomic mass is 9.33. The van der Waals surface area contributed by atoms with Crippen molar-refractivity contribution < 1.29 is 0 Å². The maximum atomic E-state index is 2.76. The molecule has 0 N–H and O–H groups in total. The summed E-state index contributed by atoms with van der Waals surface area (Å²) in [5, 5.41) is 10.7. The van der Waals surface area contributed by atoms with Crippen molar-refractivity contribution in [1.82, 2.24) is 0 Å². The number of benzene rings is 13. The Morgan fingerprint density at radius 2 is 0.548 bits per heavy atom. The van der Waals surface area contributed by atoms with E-state index in [1.165, 1.54) is 63.6 Å². The number of rotatable bonds is 13. The van der Waals surface area contributed by atoms with E-state index in [9.17, 15) is 0 Å². The molecule has 84 heavy (non-hydrogen) atoms. The van der Waals surface area contributed by atoms with Crippen LogP contribution in [-0.2, 0) is 0 Å². The summed E-state index contributed by atoms with van der Waals surface area (Å²) in [4.78, 5) is 7.64. The summed E-state index contributed by atoms with van der Waals surface area (Å²) in [6.45, 7) is -0.217. The second-order valence-electron chi connectivity index (χ2n) is 21.9. The molecule has 0 radical (unpaired) electrons. The molecule has 0 amide bonds. The summed E-state index contributed by atoms with van der Waals surface area (Å²) in [5.41, 5.74) is 13.9. The van der Waals surface area contributed by atoms with E-state index >= 15 is 0 Å². The highest BCUT2D eigenvalue weighted by Gasteiger charge is 2.53. The second kappa shape index (κ2) is 21.6. The van der Waals surface area contributed by atoms with Gasteiger partial charge >= 0.3 is 0 Å². The number of hydrogen-bond donors (Lipinski definition) is 0. The highest BCUT2D eigenvalue weighted by molar-refractivity contribution is 7.24. The molecule has 0 saturated carbocycles. The number of anilines is 9. The molecule has 0 aromatic heterocycles. The zero-order valence-electron chi connectivity index (χ0n) is 46.4. The molecule has 0 saturated heterocycles. The molecule has 0 spiro atoms. The highest BCUT2D eigenvalue weighted by atomic mass is 28.3. The normalized spacial score (nSPS) is 12.5. The number of nitrogens with zero attached hydrogens (tertiary/aromatic N) is 3. The molecule has 396 valence electrons. The van der Waals surface area contributed by atoms with Gasteiger partial charge in [0.05, 0.1) is 5.69 Å². The lowest BCUT2D eigenvalue weighted by Gasteiger charge is -2.48. The van der Waals surface area contributed by atoms with E-state index in [4.69, 9.17) is 0 Å². The maximum Gasteiger partial charge on any atom is 0.252 e. The third-order valence-corrected chi connectivity index (χ3v) is 27.0. The van der Waals surface area contributed by atoms with Crippen LogP contribution in [0.25, 0.3) is 0 Å². The molecule has 3 nitrogen and oxygen atoms in total. The van der Waals surface area contributed by atoms with Crippen LogP contribution < -0.4 is 72.6 Å². The summed E-state index contributed by atoms with van der Waals surface area (Å²) in [7, 11) is -6.73. The number of para-hydroxylation sites is 5. The molecule has 13 aromatic carbocycles. The third-order valence-electron chi connectivity index (χ3n) is 17.5. The van der Waals surface area contributed by atoms with E-state index in [0.717, 1.165) is 45.5 Å². The van der Waals surface area contributed by atoms with E-state index < -0.39 is 16.1 Å². The van der Waals surface area contributed by atoms with Crippen molar-refractivity contribution in [3.05, 3.63) is 352 Å². The lowest BCUT2D eigenvalue weighted by molar-refractivity contribution is 1.23. The molecule has 0 fully saturated rings. The minimum atomic E-state index is -3.44. The summed E-state index contributed by atoms with van der Waals surface area (Å²) in [6.07, 6.45) is 0. The summed E-state index contributed by atoms with van der Waals surface area (Å²) < 4.78 is 0. The molecule has 0 aliphatic carbocycles. The van der Waals surface area contributed by atoms with Gasteiger partial charge in [0.15, 0.2) is 16.1 Å². The van der Waals surface area contributed by atoms with Crippen molar-refractivity contribution >= 4 is 132 Å². The van der Waals surface area contributed by atoms with E-state index in [1.807, 2.05) is 0 Å². The Morgan fingerprint density at radius 1 is 0.238 bits per heavy atom. The maximum absolute atomic E-state index is 3.44.